The summed E-state index contributed by atoms with van der Waals surface area (Å²) in [6.45, 7) is 5.44. The minimum atomic E-state index is -1.23. The van der Waals surface area contributed by atoms with E-state index in [1.54, 1.807) is 6.92 Å². The van der Waals surface area contributed by atoms with Gasteiger partial charge in [-0.1, -0.05) is 20.3 Å². The van der Waals surface area contributed by atoms with Gasteiger partial charge in [0.25, 0.3) is 0 Å². The molecule has 0 aliphatic heterocycles. The molecule has 7 heteroatoms. The summed E-state index contributed by atoms with van der Waals surface area (Å²) < 4.78 is 0. The summed E-state index contributed by atoms with van der Waals surface area (Å²) >= 11 is 0. The molecule has 1 atom stereocenters. The van der Waals surface area contributed by atoms with Gasteiger partial charge in [0.15, 0.2) is 0 Å². The Balaban J connectivity index is 4.81. The maximum absolute atomic E-state index is 12.1. The maximum atomic E-state index is 12.1. The number of rotatable bonds is 8. The van der Waals surface area contributed by atoms with E-state index >= 15 is 0 Å². The fourth-order valence-electron chi connectivity index (χ4n) is 1.57. The Morgan fingerprint density at radius 3 is 1.79 bits per heavy atom. The summed E-state index contributed by atoms with van der Waals surface area (Å²) in [5.74, 6) is -2.18. The maximum Gasteiger partial charge on any atom is 0.323 e. The van der Waals surface area contributed by atoms with Crippen LogP contribution >= 0.6 is 0 Å². The fraction of sp³-hybridized carbons (Fsp3) is 0.750. The predicted octanol–water partition coefficient (Wildman–Crippen LogP) is 0.946. The SMILES string of the molecule is CCC(C)CN(CC)C(=O)N(CC(=O)O)CC(=O)O. The van der Waals surface area contributed by atoms with Crippen LogP contribution in [-0.2, 0) is 9.59 Å². The fourth-order valence-corrected chi connectivity index (χ4v) is 1.57. The average molecular weight is 274 g/mol. The van der Waals surface area contributed by atoms with Crippen LogP contribution in [0.3, 0.4) is 0 Å². The highest BCUT2D eigenvalue weighted by atomic mass is 16.4. The van der Waals surface area contributed by atoms with Crippen LogP contribution in [-0.4, -0.2) is 64.2 Å². The zero-order valence-corrected chi connectivity index (χ0v) is 11.6. The van der Waals surface area contributed by atoms with Gasteiger partial charge in [0.05, 0.1) is 0 Å². The number of aliphatic carboxylic acids is 2. The number of amides is 2. The Labute approximate surface area is 112 Å². The van der Waals surface area contributed by atoms with Crippen molar-refractivity contribution in [3.63, 3.8) is 0 Å². The van der Waals surface area contributed by atoms with E-state index in [1.165, 1.54) is 4.90 Å². The van der Waals surface area contributed by atoms with Crippen molar-refractivity contribution >= 4 is 18.0 Å². The van der Waals surface area contributed by atoms with Crippen molar-refractivity contribution in [2.45, 2.75) is 27.2 Å². The molecule has 0 heterocycles. The zero-order valence-electron chi connectivity index (χ0n) is 11.6. The molecule has 0 aromatic carbocycles. The minimum Gasteiger partial charge on any atom is -0.480 e. The molecule has 0 aromatic heterocycles. The van der Waals surface area contributed by atoms with E-state index in [-0.39, 0.29) is 5.92 Å². The summed E-state index contributed by atoms with van der Waals surface area (Å²) in [6.07, 6.45) is 0.891. The molecule has 1 unspecified atom stereocenters. The Hall–Kier alpha value is -1.79. The van der Waals surface area contributed by atoms with Crippen LogP contribution in [0, 0.1) is 5.92 Å². The van der Waals surface area contributed by atoms with Crippen LogP contribution in [0.1, 0.15) is 27.2 Å². The molecule has 7 nitrogen and oxygen atoms in total. The summed E-state index contributed by atoms with van der Waals surface area (Å²) in [5.41, 5.74) is 0. The lowest BCUT2D eigenvalue weighted by atomic mass is 10.1. The first kappa shape index (κ1) is 17.2. The summed E-state index contributed by atoms with van der Waals surface area (Å²) in [4.78, 5) is 35.8. The molecule has 19 heavy (non-hydrogen) atoms. The summed E-state index contributed by atoms with van der Waals surface area (Å²) in [7, 11) is 0. The third-order valence-corrected chi connectivity index (χ3v) is 2.80. The molecule has 0 radical (unpaired) electrons. The molecule has 0 fully saturated rings. The monoisotopic (exact) mass is 274 g/mol. The number of hydrogen-bond donors (Lipinski definition) is 2. The van der Waals surface area contributed by atoms with Gasteiger partial charge in [-0.05, 0) is 12.8 Å². The van der Waals surface area contributed by atoms with Gasteiger partial charge >= 0.3 is 18.0 Å². The lowest BCUT2D eigenvalue weighted by molar-refractivity contribution is -0.140. The highest BCUT2D eigenvalue weighted by molar-refractivity contribution is 5.84. The lowest BCUT2D eigenvalue weighted by Crippen LogP contribution is -2.48. The molecular formula is C12H22N2O5. The van der Waals surface area contributed by atoms with Gasteiger partial charge in [-0.15, -0.1) is 0 Å². The van der Waals surface area contributed by atoms with Gasteiger partial charge in [0, 0.05) is 13.1 Å². The van der Waals surface area contributed by atoms with Gasteiger partial charge in [-0.2, -0.15) is 0 Å². The second-order valence-electron chi connectivity index (χ2n) is 4.48. The van der Waals surface area contributed by atoms with Crippen molar-refractivity contribution in [3.05, 3.63) is 0 Å². The van der Waals surface area contributed by atoms with Crippen molar-refractivity contribution < 1.29 is 24.6 Å². The van der Waals surface area contributed by atoms with Crippen LogP contribution in [0.5, 0.6) is 0 Å². The smallest absolute Gasteiger partial charge is 0.323 e. The van der Waals surface area contributed by atoms with E-state index in [9.17, 15) is 14.4 Å². The Kier molecular flexibility index (Phi) is 7.55. The van der Waals surface area contributed by atoms with Gasteiger partial charge in [-0.25, -0.2) is 4.79 Å². The lowest BCUT2D eigenvalue weighted by Gasteiger charge is -2.29. The minimum absolute atomic E-state index is 0.278. The number of carboxylic acids is 2. The first-order valence-corrected chi connectivity index (χ1v) is 6.29. The number of carbonyl (C=O) groups is 3. The molecule has 0 saturated heterocycles. The third-order valence-electron chi connectivity index (χ3n) is 2.80. The number of nitrogens with zero attached hydrogens (tertiary/aromatic N) is 2. The predicted molar refractivity (Wildman–Crippen MR) is 68.9 cm³/mol. The molecule has 0 aliphatic rings. The van der Waals surface area contributed by atoms with Crippen LogP contribution in [0.25, 0.3) is 0 Å². The van der Waals surface area contributed by atoms with Crippen molar-refractivity contribution in [3.8, 4) is 0 Å². The molecule has 110 valence electrons. The van der Waals surface area contributed by atoms with Crippen LogP contribution in [0.4, 0.5) is 4.79 Å². The molecule has 0 rings (SSSR count). The molecular weight excluding hydrogens is 252 g/mol. The molecule has 2 amide bonds. The van der Waals surface area contributed by atoms with Gasteiger partial charge < -0.3 is 20.0 Å². The number of urea groups is 1. The van der Waals surface area contributed by atoms with Crippen molar-refractivity contribution in [1.29, 1.82) is 0 Å². The normalized spacial score (nSPS) is 11.7. The number of carboxylic acid groups (broad SMARTS) is 2. The quantitative estimate of drug-likeness (QED) is 0.686. The molecule has 0 aliphatic carbocycles. The van der Waals surface area contributed by atoms with Crippen LogP contribution in [0.2, 0.25) is 0 Å². The van der Waals surface area contributed by atoms with Crippen LogP contribution in [0.15, 0.2) is 0 Å². The van der Waals surface area contributed by atoms with Gasteiger partial charge in [-0.3, -0.25) is 9.59 Å². The second kappa shape index (κ2) is 8.34. The Morgan fingerprint density at radius 2 is 1.47 bits per heavy atom. The molecule has 0 aromatic rings. The summed E-state index contributed by atoms with van der Waals surface area (Å²) in [5, 5.41) is 17.4. The van der Waals surface area contributed by atoms with E-state index < -0.39 is 31.1 Å². The first-order valence-electron chi connectivity index (χ1n) is 6.29. The van der Waals surface area contributed by atoms with Crippen molar-refractivity contribution in [2.24, 2.45) is 5.92 Å². The van der Waals surface area contributed by atoms with E-state index in [2.05, 4.69) is 0 Å². The highest BCUT2D eigenvalue weighted by Gasteiger charge is 2.24. The Morgan fingerprint density at radius 1 is 1.00 bits per heavy atom. The zero-order chi connectivity index (χ0) is 15.0. The molecule has 0 saturated carbocycles. The number of hydrogen-bond acceptors (Lipinski definition) is 3. The van der Waals surface area contributed by atoms with E-state index in [0.717, 1.165) is 11.3 Å². The summed E-state index contributed by atoms with van der Waals surface area (Å²) in [6, 6.07) is -0.549. The van der Waals surface area contributed by atoms with E-state index in [1.807, 2.05) is 13.8 Å². The van der Waals surface area contributed by atoms with Crippen molar-refractivity contribution in [1.82, 2.24) is 9.80 Å². The molecule has 0 spiro atoms. The first-order chi connectivity index (χ1) is 8.81. The topological polar surface area (TPSA) is 98.2 Å². The largest absolute Gasteiger partial charge is 0.480 e. The van der Waals surface area contributed by atoms with Crippen LogP contribution < -0.4 is 0 Å². The Bertz CT molecular complexity index is 316. The number of carbonyl (C=O) groups excluding carboxylic acids is 1. The van der Waals surface area contributed by atoms with E-state index in [0.29, 0.717) is 13.1 Å². The average Bonchev–Trinajstić information content (AvgIpc) is 2.32. The van der Waals surface area contributed by atoms with Gasteiger partial charge in [0.1, 0.15) is 13.1 Å². The standard InChI is InChI=1S/C12H22N2O5/c1-4-9(3)6-13(5-2)12(19)14(7-10(15)16)8-11(17)18/h9H,4-8H2,1-3H3,(H,15,16)(H,17,18). The highest BCUT2D eigenvalue weighted by Crippen LogP contribution is 2.07. The third kappa shape index (κ3) is 6.64. The molecule has 2 N–H and O–H groups in total. The van der Waals surface area contributed by atoms with Gasteiger partial charge in [0.2, 0.25) is 0 Å². The van der Waals surface area contributed by atoms with E-state index in [4.69, 9.17) is 10.2 Å². The second-order valence-corrected chi connectivity index (χ2v) is 4.48. The molecule has 0 bridgehead atoms. The van der Waals surface area contributed by atoms with Crippen molar-refractivity contribution in [2.75, 3.05) is 26.2 Å².